The first-order valence-corrected chi connectivity index (χ1v) is 14.4. The number of ether oxygens (including phenoxy) is 1. The minimum Gasteiger partial charge on any atom is -0.387 e. The quantitative estimate of drug-likeness (QED) is 0.186. The van der Waals surface area contributed by atoms with Crippen LogP contribution in [0.25, 0.3) is 5.70 Å². The number of benzene rings is 1. The fraction of sp³-hybridized carbons (Fsp3) is 0.452. The summed E-state index contributed by atoms with van der Waals surface area (Å²) in [6.45, 7) is 20.2. The second kappa shape index (κ2) is 14.1. The molecule has 40 heavy (non-hydrogen) atoms. The van der Waals surface area contributed by atoms with E-state index in [-0.39, 0.29) is 5.56 Å². The van der Waals surface area contributed by atoms with Gasteiger partial charge in [-0.05, 0) is 44.0 Å². The van der Waals surface area contributed by atoms with Crippen LogP contribution in [0.2, 0.25) is 0 Å². The standard InChI is InChI=1S/C31H43F2N5OS/c1-21(2)23(4)29(34-7)27-12-13-28(40-27)38-18-16-37(17-19-38)15-14-35-30(36-22(3)20-39-8)25-10-9-11-26(24(25)5)31(6,32)33/h9-13,34H,1,3,14-20H2,2,4-8H3,(H,35,36)/b29-23-. The van der Waals surface area contributed by atoms with Gasteiger partial charge < -0.3 is 20.3 Å². The summed E-state index contributed by atoms with van der Waals surface area (Å²) in [5.74, 6) is -2.40. The molecule has 0 amide bonds. The van der Waals surface area contributed by atoms with Gasteiger partial charge in [0.1, 0.15) is 5.84 Å². The Labute approximate surface area is 242 Å². The van der Waals surface area contributed by atoms with Crippen LogP contribution in [0.3, 0.4) is 0 Å². The van der Waals surface area contributed by atoms with Crippen LogP contribution in [0, 0.1) is 6.92 Å². The van der Waals surface area contributed by atoms with Crippen molar-refractivity contribution in [3.05, 3.63) is 81.9 Å². The highest BCUT2D eigenvalue weighted by atomic mass is 32.1. The van der Waals surface area contributed by atoms with E-state index in [1.165, 1.54) is 21.5 Å². The van der Waals surface area contributed by atoms with Gasteiger partial charge in [0.2, 0.25) is 0 Å². The number of methoxy groups -OCH3 is 1. The van der Waals surface area contributed by atoms with Crippen molar-refractivity contribution in [3.8, 4) is 0 Å². The lowest BCUT2D eigenvalue weighted by atomic mass is 9.97. The van der Waals surface area contributed by atoms with Crippen molar-refractivity contribution in [1.82, 2.24) is 15.5 Å². The van der Waals surface area contributed by atoms with Crippen molar-refractivity contribution < 1.29 is 13.5 Å². The number of amidine groups is 1. The van der Waals surface area contributed by atoms with Crippen LogP contribution in [0.1, 0.15) is 42.3 Å². The highest BCUT2D eigenvalue weighted by Crippen LogP contribution is 2.33. The first kappa shape index (κ1) is 31.5. The fourth-order valence-electron chi connectivity index (χ4n) is 4.77. The molecule has 0 atom stereocenters. The molecule has 0 aliphatic carbocycles. The average molecular weight is 572 g/mol. The SMILES string of the molecule is C=C(COC)NC(=NCCN1CCN(c2ccc(/C(NC)=C(\C)C(=C)C)s2)CC1)c1cccc(C(C)(F)F)c1C. The summed E-state index contributed by atoms with van der Waals surface area (Å²) in [7, 11) is 3.54. The summed E-state index contributed by atoms with van der Waals surface area (Å²) >= 11 is 1.80. The maximum absolute atomic E-state index is 14.2. The van der Waals surface area contributed by atoms with E-state index < -0.39 is 5.92 Å². The van der Waals surface area contributed by atoms with Crippen LogP contribution in [-0.2, 0) is 10.7 Å². The summed E-state index contributed by atoms with van der Waals surface area (Å²) in [6, 6.07) is 9.31. The molecule has 1 saturated heterocycles. The molecule has 6 nitrogen and oxygen atoms in total. The van der Waals surface area contributed by atoms with Gasteiger partial charge in [-0.3, -0.25) is 9.89 Å². The summed E-state index contributed by atoms with van der Waals surface area (Å²) in [4.78, 5) is 10.8. The second-order valence-corrected chi connectivity index (χ2v) is 11.3. The number of rotatable bonds is 12. The minimum atomic E-state index is -2.94. The predicted octanol–water partition coefficient (Wildman–Crippen LogP) is 6.01. The Bertz CT molecular complexity index is 1250. The second-order valence-electron chi connectivity index (χ2n) is 10.3. The molecule has 2 N–H and O–H groups in total. The van der Waals surface area contributed by atoms with Gasteiger partial charge in [-0.25, -0.2) is 8.78 Å². The van der Waals surface area contributed by atoms with Crippen LogP contribution >= 0.6 is 11.3 Å². The van der Waals surface area contributed by atoms with E-state index in [9.17, 15) is 8.78 Å². The summed E-state index contributed by atoms with van der Waals surface area (Å²) in [6.07, 6.45) is 0. The molecule has 0 spiro atoms. The molecule has 3 rings (SSSR count). The lowest BCUT2D eigenvalue weighted by molar-refractivity contribution is 0.0168. The van der Waals surface area contributed by atoms with E-state index >= 15 is 0 Å². The third-order valence-corrected chi connectivity index (χ3v) is 8.31. The lowest BCUT2D eigenvalue weighted by Gasteiger charge is -2.35. The molecule has 0 saturated carbocycles. The van der Waals surface area contributed by atoms with Gasteiger partial charge in [0, 0.05) is 70.6 Å². The molecule has 2 heterocycles. The van der Waals surface area contributed by atoms with Crippen LogP contribution < -0.4 is 15.5 Å². The number of halogens is 2. The fourth-order valence-corrected chi connectivity index (χ4v) is 5.94. The highest BCUT2D eigenvalue weighted by Gasteiger charge is 2.28. The molecular weight excluding hydrogens is 528 g/mol. The zero-order valence-corrected chi connectivity index (χ0v) is 25.5. The molecule has 0 radical (unpaired) electrons. The highest BCUT2D eigenvalue weighted by molar-refractivity contribution is 7.17. The normalized spacial score (nSPS) is 15.6. The first-order valence-electron chi connectivity index (χ1n) is 13.5. The average Bonchev–Trinajstić information content (AvgIpc) is 3.38. The van der Waals surface area contributed by atoms with Gasteiger partial charge >= 0.3 is 0 Å². The maximum atomic E-state index is 14.2. The Morgan fingerprint density at radius 1 is 1.12 bits per heavy atom. The molecule has 1 aromatic carbocycles. The van der Waals surface area contributed by atoms with E-state index in [4.69, 9.17) is 9.73 Å². The maximum Gasteiger partial charge on any atom is 0.270 e. The van der Waals surface area contributed by atoms with E-state index in [1.807, 2.05) is 20.0 Å². The van der Waals surface area contributed by atoms with Crippen molar-refractivity contribution in [1.29, 1.82) is 0 Å². The van der Waals surface area contributed by atoms with Crippen LogP contribution in [0.15, 0.2) is 65.3 Å². The zero-order valence-electron chi connectivity index (χ0n) is 24.7. The summed E-state index contributed by atoms with van der Waals surface area (Å²) in [5.41, 5.74) is 5.12. The molecule has 1 aromatic heterocycles. The molecule has 1 fully saturated rings. The van der Waals surface area contributed by atoms with Crippen molar-refractivity contribution >= 4 is 27.9 Å². The van der Waals surface area contributed by atoms with Crippen molar-refractivity contribution in [2.75, 3.05) is 64.9 Å². The van der Waals surface area contributed by atoms with Gasteiger partial charge in [-0.1, -0.05) is 36.9 Å². The van der Waals surface area contributed by atoms with Crippen molar-refractivity contribution in [2.45, 2.75) is 33.6 Å². The van der Waals surface area contributed by atoms with Gasteiger partial charge in [0.25, 0.3) is 5.92 Å². The third kappa shape index (κ3) is 8.02. The third-order valence-electron chi connectivity index (χ3n) is 7.15. The van der Waals surface area contributed by atoms with E-state index in [2.05, 4.69) is 52.6 Å². The number of hydrogen-bond donors (Lipinski definition) is 2. The Hall–Kier alpha value is -3.01. The first-order chi connectivity index (χ1) is 19.0. The van der Waals surface area contributed by atoms with E-state index in [0.717, 1.165) is 50.9 Å². The molecule has 1 aliphatic heterocycles. The predicted molar refractivity (Wildman–Crippen MR) is 166 cm³/mol. The Morgan fingerprint density at radius 2 is 1.82 bits per heavy atom. The van der Waals surface area contributed by atoms with Crippen LogP contribution in [-0.4, -0.2) is 70.8 Å². The largest absolute Gasteiger partial charge is 0.387 e. The van der Waals surface area contributed by atoms with Crippen LogP contribution in [0.5, 0.6) is 0 Å². The Morgan fingerprint density at radius 3 is 2.42 bits per heavy atom. The molecule has 9 heteroatoms. The van der Waals surface area contributed by atoms with Gasteiger partial charge in [0.15, 0.2) is 0 Å². The Kier molecular flexibility index (Phi) is 11.1. The number of alkyl halides is 2. The molecular formula is C31H43F2N5OS. The van der Waals surface area contributed by atoms with E-state index in [1.54, 1.807) is 31.4 Å². The van der Waals surface area contributed by atoms with E-state index in [0.29, 0.717) is 35.8 Å². The van der Waals surface area contributed by atoms with Gasteiger partial charge in [-0.15, -0.1) is 11.3 Å². The number of nitrogens with zero attached hydrogens (tertiary/aromatic N) is 3. The summed E-state index contributed by atoms with van der Waals surface area (Å²) in [5, 5.41) is 7.80. The van der Waals surface area contributed by atoms with Gasteiger partial charge in [-0.2, -0.15) is 0 Å². The van der Waals surface area contributed by atoms with Gasteiger partial charge in [0.05, 0.1) is 28.7 Å². The minimum absolute atomic E-state index is 0.00294. The number of piperazine rings is 1. The number of hydrogen-bond acceptors (Lipinski definition) is 6. The number of nitrogens with one attached hydrogen (secondary N) is 2. The molecule has 0 unspecified atom stereocenters. The number of thiophene rings is 1. The lowest BCUT2D eigenvalue weighted by Crippen LogP contribution is -2.47. The molecule has 0 bridgehead atoms. The van der Waals surface area contributed by atoms with Crippen LogP contribution in [0.4, 0.5) is 13.8 Å². The van der Waals surface area contributed by atoms with Crippen molar-refractivity contribution in [3.63, 3.8) is 0 Å². The molecule has 2 aromatic rings. The topological polar surface area (TPSA) is 52.1 Å². The smallest absolute Gasteiger partial charge is 0.270 e. The number of aliphatic imine (C=N–C) groups is 1. The number of allylic oxidation sites excluding steroid dienone is 2. The molecule has 218 valence electrons. The molecule has 1 aliphatic rings. The number of anilines is 1. The summed E-state index contributed by atoms with van der Waals surface area (Å²) < 4.78 is 33.6. The Balaban J connectivity index is 1.66. The monoisotopic (exact) mass is 571 g/mol. The van der Waals surface area contributed by atoms with Crippen molar-refractivity contribution in [2.24, 2.45) is 4.99 Å². The zero-order chi connectivity index (χ0) is 29.4.